The number of nitrogens with zero attached hydrogens (tertiary/aromatic N) is 7. The molecule has 11 nitrogen and oxygen atoms in total. The first kappa shape index (κ1) is 33.5. The molecule has 0 amide bonds. The van der Waals surface area contributed by atoms with Crippen LogP contribution in [0.25, 0.3) is 11.0 Å². The summed E-state index contributed by atoms with van der Waals surface area (Å²) in [5.41, 5.74) is 2.46. The zero-order valence-electron chi connectivity index (χ0n) is 26.8. The number of hydrogen-bond donors (Lipinski definition) is 1. The number of aromatic nitrogens is 5. The summed E-state index contributed by atoms with van der Waals surface area (Å²) in [5, 5.41) is 18.1. The lowest BCUT2D eigenvalue weighted by Crippen LogP contribution is -2.38. The van der Waals surface area contributed by atoms with Gasteiger partial charge >= 0.3 is 5.97 Å². The average Bonchev–Trinajstić information content (AvgIpc) is 3.69. The third-order valence-electron chi connectivity index (χ3n) is 8.54. The molecule has 2 aromatic carbocycles. The number of imidazole rings is 2. The summed E-state index contributed by atoms with van der Waals surface area (Å²) in [6, 6.07) is 11.5. The summed E-state index contributed by atoms with van der Waals surface area (Å²) in [5.74, 6) is -2.01. The van der Waals surface area contributed by atoms with Crippen LogP contribution in [0.1, 0.15) is 54.5 Å². The molecule has 1 fully saturated rings. The molecule has 4 heterocycles. The number of carboxylic acids is 1. The number of carbonyl (C=O) groups is 1. The van der Waals surface area contributed by atoms with Crippen molar-refractivity contribution in [3.8, 4) is 17.7 Å². The Kier molecular flexibility index (Phi) is 10.1. The highest BCUT2D eigenvalue weighted by molar-refractivity contribution is 5.78. The van der Waals surface area contributed by atoms with Gasteiger partial charge in [0.25, 0.3) is 0 Å². The molecule has 1 N–H and O–H groups in total. The van der Waals surface area contributed by atoms with Gasteiger partial charge in [0.05, 0.1) is 42.3 Å². The van der Waals surface area contributed by atoms with Gasteiger partial charge in [-0.3, -0.25) is 9.69 Å². The predicted octanol–water partition coefficient (Wildman–Crippen LogP) is 5.62. The van der Waals surface area contributed by atoms with Crippen molar-refractivity contribution in [3.63, 3.8) is 0 Å². The molecule has 0 unspecified atom stereocenters. The fourth-order valence-electron chi connectivity index (χ4n) is 5.92. The minimum atomic E-state index is -0.949. The van der Waals surface area contributed by atoms with E-state index in [-0.39, 0.29) is 54.0 Å². The summed E-state index contributed by atoms with van der Waals surface area (Å²) < 4.78 is 59.6. The second kappa shape index (κ2) is 14.8. The van der Waals surface area contributed by atoms with Crippen molar-refractivity contribution in [2.24, 2.45) is 0 Å². The quantitative estimate of drug-likeness (QED) is 0.169. The minimum absolute atomic E-state index is 0.0413. The molecule has 0 spiro atoms. The van der Waals surface area contributed by atoms with Gasteiger partial charge in [-0.15, -0.1) is 0 Å². The molecule has 0 radical (unpaired) electrons. The second-order valence-electron chi connectivity index (χ2n) is 11.8. The van der Waals surface area contributed by atoms with E-state index in [1.54, 1.807) is 12.5 Å². The zero-order valence-corrected chi connectivity index (χ0v) is 26.8. The van der Waals surface area contributed by atoms with Crippen molar-refractivity contribution in [1.29, 1.82) is 5.26 Å². The highest BCUT2D eigenvalue weighted by Gasteiger charge is 2.25. The highest BCUT2D eigenvalue weighted by atomic mass is 19.1. The summed E-state index contributed by atoms with van der Waals surface area (Å²) in [7, 11) is 0. The number of carboxylic acid groups (broad SMARTS) is 1. The molecule has 49 heavy (non-hydrogen) atoms. The lowest BCUT2D eigenvalue weighted by atomic mass is 10.1. The van der Waals surface area contributed by atoms with Crippen LogP contribution in [0.15, 0.2) is 55.0 Å². The van der Waals surface area contributed by atoms with Crippen molar-refractivity contribution >= 4 is 17.0 Å². The molecule has 3 aromatic heterocycles. The van der Waals surface area contributed by atoms with Crippen LogP contribution in [0.4, 0.5) is 13.2 Å². The number of benzene rings is 2. The molecule has 0 aliphatic carbocycles. The van der Waals surface area contributed by atoms with Gasteiger partial charge in [-0.1, -0.05) is 0 Å². The number of hydrogen-bond acceptors (Lipinski definition) is 8. The topological polar surface area (TPSA) is 131 Å². The molecule has 1 aliphatic rings. The van der Waals surface area contributed by atoms with Gasteiger partial charge in [0.2, 0.25) is 5.88 Å². The SMILES string of the molecule is CCn1cncc1Cn1c(CN2CCC(Oc3ccc(F)c(COc4ccc(C#N)cc4F)n3)CC2)nc2c(F)cc(CCC(=O)O)cc21. The Bertz CT molecular complexity index is 2010. The van der Waals surface area contributed by atoms with E-state index < -0.39 is 23.4 Å². The molecule has 0 saturated carbocycles. The lowest BCUT2D eigenvalue weighted by molar-refractivity contribution is -0.136. The number of piperidine rings is 1. The van der Waals surface area contributed by atoms with Crippen LogP contribution >= 0.6 is 0 Å². The molecule has 0 atom stereocenters. The molecular weight excluding hydrogens is 639 g/mol. The van der Waals surface area contributed by atoms with E-state index in [0.717, 1.165) is 18.3 Å². The maximum Gasteiger partial charge on any atom is 0.303 e. The van der Waals surface area contributed by atoms with E-state index in [1.165, 1.54) is 30.3 Å². The molecule has 14 heteroatoms. The van der Waals surface area contributed by atoms with E-state index in [1.807, 2.05) is 28.2 Å². The van der Waals surface area contributed by atoms with Crippen LogP contribution in [0.5, 0.6) is 11.6 Å². The normalized spacial score (nSPS) is 13.9. The first-order chi connectivity index (χ1) is 23.7. The Morgan fingerprint density at radius 3 is 2.59 bits per heavy atom. The van der Waals surface area contributed by atoms with E-state index >= 15 is 4.39 Å². The fraction of sp³-hybridized carbons (Fsp3) is 0.343. The average molecular weight is 674 g/mol. The van der Waals surface area contributed by atoms with Crippen LogP contribution in [0.3, 0.4) is 0 Å². The number of nitriles is 1. The van der Waals surface area contributed by atoms with E-state index in [9.17, 15) is 13.6 Å². The van der Waals surface area contributed by atoms with Crippen molar-refractivity contribution in [1.82, 2.24) is 29.0 Å². The summed E-state index contributed by atoms with van der Waals surface area (Å²) >= 11 is 0. The highest BCUT2D eigenvalue weighted by Crippen LogP contribution is 2.27. The third kappa shape index (κ3) is 7.84. The van der Waals surface area contributed by atoms with Crippen LogP contribution in [0, 0.1) is 28.8 Å². The second-order valence-corrected chi connectivity index (χ2v) is 11.8. The minimum Gasteiger partial charge on any atom is -0.484 e. The van der Waals surface area contributed by atoms with E-state index in [2.05, 4.69) is 14.9 Å². The summed E-state index contributed by atoms with van der Waals surface area (Å²) in [6.07, 6.45) is 4.74. The van der Waals surface area contributed by atoms with Crippen LogP contribution in [-0.4, -0.2) is 59.3 Å². The number of ether oxygens (including phenoxy) is 2. The van der Waals surface area contributed by atoms with Gasteiger partial charge < -0.3 is 23.7 Å². The van der Waals surface area contributed by atoms with Crippen LogP contribution in [-0.2, 0) is 37.5 Å². The number of aliphatic carboxylic acids is 1. The Morgan fingerprint density at radius 1 is 1.04 bits per heavy atom. The number of pyridine rings is 1. The van der Waals surface area contributed by atoms with Gasteiger partial charge in [-0.2, -0.15) is 5.26 Å². The van der Waals surface area contributed by atoms with E-state index in [0.29, 0.717) is 55.9 Å². The maximum atomic E-state index is 15.3. The lowest BCUT2D eigenvalue weighted by Gasteiger charge is -2.31. The van der Waals surface area contributed by atoms with Crippen LogP contribution in [0.2, 0.25) is 0 Å². The Hall–Kier alpha value is -5.42. The Morgan fingerprint density at radius 2 is 1.86 bits per heavy atom. The standard InChI is InChI=1S/C35H34F3N7O4/c1-2-44-21-40-17-24(44)18-45-30-15-22(4-8-34(46)47)13-28(38)35(30)42-32(45)19-43-11-9-25(10-12-43)49-33-7-5-26(36)29(41-33)20-48-31-6-3-23(16-39)14-27(31)37/h3,5-7,13-15,17,21,25H,2,4,8-12,18-20H2,1H3,(H,46,47). The van der Waals surface area contributed by atoms with Gasteiger partial charge in [-0.25, -0.2) is 28.1 Å². The number of fused-ring (bicyclic) bond motifs is 1. The van der Waals surface area contributed by atoms with E-state index in [4.69, 9.17) is 24.8 Å². The fourth-order valence-corrected chi connectivity index (χ4v) is 5.92. The number of rotatable bonds is 13. The zero-order chi connectivity index (χ0) is 34.5. The molecule has 1 saturated heterocycles. The first-order valence-corrected chi connectivity index (χ1v) is 16.0. The van der Waals surface area contributed by atoms with Crippen molar-refractivity contribution in [2.75, 3.05) is 13.1 Å². The summed E-state index contributed by atoms with van der Waals surface area (Å²) in [4.78, 5) is 26.6. The molecule has 6 rings (SSSR count). The molecule has 1 aliphatic heterocycles. The van der Waals surface area contributed by atoms with Crippen LogP contribution < -0.4 is 9.47 Å². The first-order valence-electron chi connectivity index (χ1n) is 16.0. The van der Waals surface area contributed by atoms with Gasteiger partial charge in [0.15, 0.2) is 17.4 Å². The molecule has 0 bridgehead atoms. The molecule has 254 valence electrons. The van der Waals surface area contributed by atoms with Gasteiger partial charge in [0, 0.05) is 38.3 Å². The Labute approximate surface area is 280 Å². The Balaban J connectivity index is 1.13. The van der Waals surface area contributed by atoms with Gasteiger partial charge in [0.1, 0.15) is 35.6 Å². The smallest absolute Gasteiger partial charge is 0.303 e. The third-order valence-corrected chi connectivity index (χ3v) is 8.54. The monoisotopic (exact) mass is 673 g/mol. The van der Waals surface area contributed by atoms with Crippen molar-refractivity contribution < 1.29 is 32.5 Å². The van der Waals surface area contributed by atoms with Crippen molar-refractivity contribution in [2.45, 2.75) is 65.0 Å². The maximum absolute atomic E-state index is 15.3. The number of halogens is 3. The molecule has 5 aromatic rings. The van der Waals surface area contributed by atoms with Crippen molar-refractivity contribution in [3.05, 3.63) is 101 Å². The molecular formula is C35H34F3N7O4. The predicted molar refractivity (Wildman–Crippen MR) is 171 cm³/mol. The summed E-state index contributed by atoms with van der Waals surface area (Å²) in [6.45, 7) is 4.59. The number of aryl methyl sites for hydroxylation is 2. The van der Waals surface area contributed by atoms with Gasteiger partial charge in [-0.05, 0) is 68.1 Å². The largest absolute Gasteiger partial charge is 0.484 e. The number of likely N-dealkylation sites (tertiary alicyclic amines) is 1.